The van der Waals surface area contributed by atoms with Crippen LogP contribution in [-0.4, -0.2) is 82.5 Å². The van der Waals surface area contributed by atoms with Gasteiger partial charge in [0.25, 0.3) is 0 Å². The van der Waals surface area contributed by atoms with Crippen molar-refractivity contribution in [1.82, 2.24) is 0 Å². The highest BCUT2D eigenvalue weighted by molar-refractivity contribution is 4.82. The zero-order valence-corrected chi connectivity index (χ0v) is 15.2. The van der Waals surface area contributed by atoms with Crippen LogP contribution in [0.25, 0.3) is 0 Å². The monoisotopic (exact) mass is 357 g/mol. The van der Waals surface area contributed by atoms with Crippen LogP contribution in [0, 0.1) is 0 Å². The summed E-state index contributed by atoms with van der Waals surface area (Å²) < 4.78 is 14.6. The average molecular weight is 357 g/mol. The van der Waals surface area contributed by atoms with Crippen molar-refractivity contribution in [3.63, 3.8) is 0 Å². The molecule has 0 aliphatic carbocycles. The fourth-order valence-electron chi connectivity index (χ4n) is 1.81. The smallest absolute Gasteiger partial charge is 0.181 e. The second-order valence-electron chi connectivity index (χ2n) is 5.21. The molecule has 0 aromatic carbocycles. The van der Waals surface area contributed by atoms with Crippen molar-refractivity contribution in [2.75, 3.05) is 13.7 Å². The summed E-state index contributed by atoms with van der Waals surface area (Å²) in [7, 11) is 1.57. The third kappa shape index (κ3) is 12.1. The van der Waals surface area contributed by atoms with E-state index in [4.69, 9.17) is 35.6 Å². The van der Waals surface area contributed by atoms with E-state index in [0.29, 0.717) is 6.42 Å². The molecule has 0 spiro atoms. The molecule has 7 N–H and O–H groups in total. The lowest BCUT2D eigenvalue weighted by Crippen LogP contribution is -2.51. The van der Waals surface area contributed by atoms with E-state index in [9.17, 15) is 5.11 Å². The van der Waals surface area contributed by atoms with Crippen LogP contribution < -0.4 is 5.73 Å². The van der Waals surface area contributed by atoms with Crippen LogP contribution >= 0.6 is 0 Å². The van der Waals surface area contributed by atoms with Crippen molar-refractivity contribution in [2.24, 2.45) is 5.73 Å². The Labute approximate surface area is 144 Å². The first-order chi connectivity index (χ1) is 11.2. The van der Waals surface area contributed by atoms with Gasteiger partial charge in [-0.05, 0) is 13.8 Å². The Kier molecular flexibility index (Phi) is 16.1. The van der Waals surface area contributed by atoms with Gasteiger partial charge in [-0.25, -0.2) is 0 Å². The summed E-state index contributed by atoms with van der Waals surface area (Å²) in [5.74, 6) is 0. The highest BCUT2D eigenvalue weighted by Gasteiger charge is 2.32. The Morgan fingerprint density at radius 1 is 1.21 bits per heavy atom. The zero-order chi connectivity index (χ0) is 19.3. The maximum absolute atomic E-state index is 9.35. The van der Waals surface area contributed by atoms with Gasteiger partial charge in [0.1, 0.15) is 0 Å². The van der Waals surface area contributed by atoms with Crippen LogP contribution in [0.2, 0.25) is 0 Å². The molecule has 148 valence electrons. The molecule has 1 rings (SSSR count). The highest BCUT2D eigenvalue weighted by Crippen LogP contribution is 2.18. The van der Waals surface area contributed by atoms with E-state index in [1.54, 1.807) is 14.0 Å². The van der Waals surface area contributed by atoms with E-state index < -0.39 is 31.4 Å². The minimum atomic E-state index is -1.39. The quantitative estimate of drug-likeness (QED) is 0.324. The van der Waals surface area contributed by atoms with Crippen molar-refractivity contribution >= 4 is 0 Å². The van der Waals surface area contributed by atoms with Crippen molar-refractivity contribution in [1.29, 1.82) is 0 Å². The number of aliphatic hydroxyl groups is 5. The number of ether oxygens (including phenoxy) is 3. The van der Waals surface area contributed by atoms with E-state index in [-0.39, 0.29) is 24.9 Å². The number of rotatable bonds is 6. The first-order valence-electron chi connectivity index (χ1n) is 8.13. The fraction of sp³-hybridized carbons (Fsp3) is 1.00. The lowest BCUT2D eigenvalue weighted by atomic mass is 10.0. The lowest BCUT2D eigenvalue weighted by Gasteiger charge is -2.35. The van der Waals surface area contributed by atoms with Gasteiger partial charge in [-0.1, -0.05) is 13.8 Å². The fourth-order valence-corrected chi connectivity index (χ4v) is 1.81. The van der Waals surface area contributed by atoms with E-state index in [0.717, 1.165) is 0 Å². The predicted molar refractivity (Wildman–Crippen MR) is 87.8 cm³/mol. The summed E-state index contributed by atoms with van der Waals surface area (Å²) >= 11 is 0. The molecule has 0 bridgehead atoms. The Morgan fingerprint density at radius 2 is 1.75 bits per heavy atom. The van der Waals surface area contributed by atoms with Crippen LogP contribution in [0.5, 0.6) is 0 Å². The van der Waals surface area contributed by atoms with Gasteiger partial charge in [0.15, 0.2) is 18.9 Å². The molecule has 1 aliphatic rings. The summed E-state index contributed by atoms with van der Waals surface area (Å²) in [6.07, 6.45) is -3.82. The lowest BCUT2D eigenvalue weighted by molar-refractivity contribution is -0.226. The largest absolute Gasteiger partial charge is 0.393 e. The molecule has 1 aliphatic heterocycles. The first-order valence-corrected chi connectivity index (χ1v) is 8.13. The van der Waals surface area contributed by atoms with Gasteiger partial charge in [0.05, 0.1) is 24.9 Å². The molecule has 24 heavy (non-hydrogen) atoms. The topological polar surface area (TPSA) is 155 Å². The number of hydrogen-bond donors (Lipinski definition) is 6. The van der Waals surface area contributed by atoms with Gasteiger partial charge in [-0.15, -0.1) is 0 Å². The van der Waals surface area contributed by atoms with Gasteiger partial charge in [-0.3, -0.25) is 0 Å². The number of aliphatic hydroxyl groups excluding tert-OH is 5. The van der Waals surface area contributed by atoms with Crippen molar-refractivity contribution < 1.29 is 39.7 Å². The van der Waals surface area contributed by atoms with E-state index in [1.165, 1.54) is 6.92 Å². The molecule has 1 fully saturated rings. The van der Waals surface area contributed by atoms with Gasteiger partial charge in [0, 0.05) is 26.0 Å². The van der Waals surface area contributed by atoms with Crippen LogP contribution in [-0.2, 0) is 14.2 Å². The standard InChI is InChI=1S/C7H15NO3.C6H14O5.C2H6/c1-4-7(9)5(8)3-6(10-2)11-4;1-4(8)2-5(9)11-6(10)3-7;1-2/h4-7,9H,3,8H2,1-2H3;4-10H,2-3H2,1H3;1-2H3/t;4?,5-,6?;/m.1./s1. The minimum Gasteiger partial charge on any atom is -0.393 e. The Balaban J connectivity index is 0. The normalized spacial score (nSPS) is 30.1. The molecule has 1 saturated heterocycles. The second kappa shape index (κ2) is 14.9. The van der Waals surface area contributed by atoms with Crippen molar-refractivity contribution in [2.45, 2.75) is 83.8 Å². The highest BCUT2D eigenvalue weighted by atomic mass is 16.7. The summed E-state index contributed by atoms with van der Waals surface area (Å²) in [5, 5.41) is 43.8. The molecular weight excluding hydrogens is 322 g/mol. The maximum Gasteiger partial charge on any atom is 0.181 e. The molecule has 7 atom stereocenters. The Hall–Kier alpha value is -0.360. The first kappa shape index (κ1) is 25.9. The Morgan fingerprint density at radius 3 is 2.12 bits per heavy atom. The van der Waals surface area contributed by atoms with Crippen LogP contribution in [0.4, 0.5) is 0 Å². The average Bonchev–Trinajstić information content (AvgIpc) is 2.53. The predicted octanol–water partition coefficient (Wildman–Crippen LogP) is -1.11. The Bertz CT molecular complexity index is 270. The molecule has 0 amide bonds. The van der Waals surface area contributed by atoms with Crippen molar-refractivity contribution in [3.8, 4) is 0 Å². The SMILES string of the molecule is CC.CC(O)C[C@H](O)OC(O)CO.COC1CC(N)C(O)C(C)O1. The third-order valence-electron chi connectivity index (χ3n) is 3.03. The van der Waals surface area contributed by atoms with Gasteiger partial charge in [0.2, 0.25) is 0 Å². The molecule has 9 heteroatoms. The van der Waals surface area contributed by atoms with Gasteiger partial charge >= 0.3 is 0 Å². The molecule has 1 heterocycles. The molecular formula is C15H35NO8. The third-order valence-corrected chi connectivity index (χ3v) is 3.03. The maximum atomic E-state index is 9.35. The number of nitrogens with two attached hydrogens (primary N) is 1. The zero-order valence-electron chi connectivity index (χ0n) is 15.2. The molecule has 0 aromatic rings. The van der Waals surface area contributed by atoms with Crippen LogP contribution in [0.3, 0.4) is 0 Å². The molecule has 0 radical (unpaired) electrons. The van der Waals surface area contributed by atoms with Crippen LogP contribution in [0.1, 0.15) is 40.5 Å². The van der Waals surface area contributed by atoms with E-state index >= 15 is 0 Å². The molecule has 9 nitrogen and oxygen atoms in total. The minimum absolute atomic E-state index is 0.0110. The molecule has 6 unspecified atom stereocenters. The van der Waals surface area contributed by atoms with E-state index in [1.807, 2.05) is 13.8 Å². The van der Waals surface area contributed by atoms with Crippen LogP contribution in [0.15, 0.2) is 0 Å². The number of hydrogen-bond acceptors (Lipinski definition) is 9. The van der Waals surface area contributed by atoms with Gasteiger partial charge in [-0.2, -0.15) is 0 Å². The van der Waals surface area contributed by atoms with Crippen molar-refractivity contribution in [3.05, 3.63) is 0 Å². The molecule has 0 aromatic heterocycles. The summed E-state index contributed by atoms with van der Waals surface area (Å²) in [6.45, 7) is 6.70. The summed E-state index contributed by atoms with van der Waals surface area (Å²) in [6, 6.07) is -0.233. The van der Waals surface area contributed by atoms with E-state index in [2.05, 4.69) is 4.74 Å². The molecule has 0 saturated carbocycles. The summed E-state index contributed by atoms with van der Waals surface area (Å²) in [4.78, 5) is 0. The van der Waals surface area contributed by atoms with Gasteiger partial charge < -0.3 is 45.5 Å². The summed E-state index contributed by atoms with van der Waals surface area (Å²) in [5.41, 5.74) is 5.62. The second-order valence-corrected chi connectivity index (χ2v) is 5.21. The number of methoxy groups -OCH3 is 1.